The van der Waals surface area contributed by atoms with Gasteiger partial charge in [-0.15, -0.1) is 11.3 Å². The van der Waals surface area contributed by atoms with Gasteiger partial charge in [0.1, 0.15) is 0 Å². The molecule has 3 rings (SSSR count). The minimum Gasteiger partial charge on any atom is -0.349 e. The molecule has 1 aromatic heterocycles. The highest BCUT2D eigenvalue weighted by Gasteiger charge is 2.30. The van der Waals surface area contributed by atoms with Crippen molar-refractivity contribution >= 4 is 28.2 Å². The topological polar surface area (TPSA) is 61.4 Å². The van der Waals surface area contributed by atoms with Gasteiger partial charge in [0.15, 0.2) is 0 Å². The van der Waals surface area contributed by atoms with Crippen LogP contribution in [-0.2, 0) is 4.79 Å². The number of rotatable bonds is 4. The van der Waals surface area contributed by atoms with Crippen molar-refractivity contribution in [1.82, 2.24) is 10.2 Å². The summed E-state index contributed by atoms with van der Waals surface area (Å²) in [5.74, 6) is 0.233. The van der Waals surface area contributed by atoms with Gasteiger partial charge in [0.2, 0.25) is 5.91 Å². The minimum atomic E-state index is -0.0267. The summed E-state index contributed by atoms with van der Waals surface area (Å²) in [6, 6.07) is 3.86. The van der Waals surface area contributed by atoms with E-state index in [1.807, 2.05) is 6.07 Å². The molecule has 5 nitrogen and oxygen atoms in total. The molecule has 1 aliphatic heterocycles. The fourth-order valence-electron chi connectivity index (χ4n) is 3.05. The van der Waals surface area contributed by atoms with Crippen molar-refractivity contribution < 1.29 is 9.59 Å². The number of carbonyl (C=O) groups is 2. The Bertz CT molecular complexity index is 608. The zero-order valence-electron chi connectivity index (χ0n) is 14.7. The summed E-state index contributed by atoms with van der Waals surface area (Å²) in [5, 5.41) is 6.80. The van der Waals surface area contributed by atoms with Crippen LogP contribution in [0.4, 0.5) is 5.00 Å². The van der Waals surface area contributed by atoms with Crippen molar-refractivity contribution in [2.75, 3.05) is 18.4 Å². The Morgan fingerprint density at radius 3 is 2.38 bits per heavy atom. The SMILES string of the molecule is CC(C)(C)N1CCC(NC(=O)c2ccc(NC(=O)C3CC3)s2)CC1. The van der Waals surface area contributed by atoms with Gasteiger partial charge in [-0.2, -0.15) is 0 Å². The lowest BCUT2D eigenvalue weighted by molar-refractivity contribution is -0.117. The lowest BCUT2D eigenvalue weighted by atomic mass is 9.98. The zero-order chi connectivity index (χ0) is 17.3. The molecule has 0 bridgehead atoms. The smallest absolute Gasteiger partial charge is 0.261 e. The number of thiophene rings is 1. The first kappa shape index (κ1) is 17.4. The van der Waals surface area contributed by atoms with Gasteiger partial charge in [0.25, 0.3) is 5.91 Å². The summed E-state index contributed by atoms with van der Waals surface area (Å²) in [5.41, 5.74) is 0.192. The quantitative estimate of drug-likeness (QED) is 0.878. The average Bonchev–Trinajstić information content (AvgIpc) is 3.27. The Morgan fingerprint density at radius 1 is 1.12 bits per heavy atom. The molecule has 2 aliphatic rings. The van der Waals surface area contributed by atoms with Gasteiger partial charge in [-0.1, -0.05) is 0 Å². The fourth-order valence-corrected chi connectivity index (χ4v) is 3.86. The van der Waals surface area contributed by atoms with E-state index in [1.165, 1.54) is 11.3 Å². The number of anilines is 1. The second-order valence-electron chi connectivity index (χ2n) is 7.83. The summed E-state index contributed by atoms with van der Waals surface area (Å²) in [7, 11) is 0. The van der Waals surface area contributed by atoms with Gasteiger partial charge in [-0.05, 0) is 58.6 Å². The summed E-state index contributed by atoms with van der Waals surface area (Å²) in [6.07, 6.45) is 3.94. The molecule has 1 aromatic rings. The molecular formula is C18H27N3O2S. The van der Waals surface area contributed by atoms with Crippen LogP contribution in [0.2, 0.25) is 0 Å². The molecule has 1 saturated heterocycles. The van der Waals surface area contributed by atoms with E-state index in [0.717, 1.165) is 43.8 Å². The Hall–Kier alpha value is -1.40. The number of hydrogen-bond acceptors (Lipinski definition) is 4. The fraction of sp³-hybridized carbons (Fsp3) is 0.667. The molecular weight excluding hydrogens is 322 g/mol. The molecule has 24 heavy (non-hydrogen) atoms. The van der Waals surface area contributed by atoms with Crippen LogP contribution in [0.25, 0.3) is 0 Å². The van der Waals surface area contributed by atoms with E-state index in [-0.39, 0.29) is 29.3 Å². The first-order chi connectivity index (χ1) is 11.3. The molecule has 6 heteroatoms. The Labute approximate surface area is 147 Å². The van der Waals surface area contributed by atoms with E-state index in [1.54, 1.807) is 6.07 Å². The lowest BCUT2D eigenvalue weighted by Crippen LogP contribution is -2.50. The molecule has 0 spiro atoms. The summed E-state index contributed by atoms with van der Waals surface area (Å²) >= 11 is 1.35. The van der Waals surface area contributed by atoms with Crippen LogP contribution in [0.15, 0.2) is 12.1 Å². The number of hydrogen-bond donors (Lipinski definition) is 2. The summed E-state index contributed by atoms with van der Waals surface area (Å²) < 4.78 is 0. The van der Waals surface area contributed by atoms with Crippen LogP contribution in [0, 0.1) is 5.92 Å². The molecule has 0 atom stereocenters. The first-order valence-corrected chi connectivity index (χ1v) is 9.61. The van der Waals surface area contributed by atoms with Crippen molar-refractivity contribution in [1.29, 1.82) is 0 Å². The third kappa shape index (κ3) is 4.36. The van der Waals surface area contributed by atoms with E-state index < -0.39 is 0 Å². The number of likely N-dealkylation sites (tertiary alicyclic amines) is 1. The van der Waals surface area contributed by atoms with Gasteiger partial charge in [-0.25, -0.2) is 0 Å². The summed E-state index contributed by atoms with van der Waals surface area (Å²) in [6.45, 7) is 8.72. The Morgan fingerprint density at radius 2 is 1.79 bits per heavy atom. The molecule has 1 saturated carbocycles. The third-order valence-corrected chi connectivity index (χ3v) is 5.80. The summed E-state index contributed by atoms with van der Waals surface area (Å²) in [4.78, 5) is 27.3. The van der Waals surface area contributed by atoms with E-state index in [9.17, 15) is 9.59 Å². The first-order valence-electron chi connectivity index (χ1n) is 8.79. The highest BCUT2D eigenvalue weighted by Crippen LogP contribution is 2.31. The van der Waals surface area contributed by atoms with Crippen molar-refractivity contribution in [2.24, 2.45) is 5.92 Å². The highest BCUT2D eigenvalue weighted by atomic mass is 32.1. The van der Waals surface area contributed by atoms with Gasteiger partial charge in [-0.3, -0.25) is 14.5 Å². The van der Waals surface area contributed by atoms with E-state index in [2.05, 4.69) is 36.3 Å². The Kier molecular flexibility index (Phi) is 4.97. The molecule has 0 radical (unpaired) electrons. The molecule has 2 N–H and O–H groups in total. The predicted octanol–water partition coefficient (Wildman–Crippen LogP) is 3.09. The van der Waals surface area contributed by atoms with Crippen LogP contribution >= 0.6 is 11.3 Å². The number of piperidine rings is 1. The van der Waals surface area contributed by atoms with Crippen molar-refractivity contribution in [3.63, 3.8) is 0 Å². The molecule has 2 heterocycles. The van der Waals surface area contributed by atoms with Crippen molar-refractivity contribution in [3.05, 3.63) is 17.0 Å². The van der Waals surface area contributed by atoms with Crippen LogP contribution in [0.1, 0.15) is 56.1 Å². The third-order valence-electron chi connectivity index (χ3n) is 4.80. The number of amides is 2. The molecule has 2 amide bonds. The zero-order valence-corrected chi connectivity index (χ0v) is 15.5. The van der Waals surface area contributed by atoms with E-state index in [4.69, 9.17) is 0 Å². The monoisotopic (exact) mass is 349 g/mol. The molecule has 0 aromatic carbocycles. The number of nitrogens with one attached hydrogen (secondary N) is 2. The predicted molar refractivity (Wildman–Crippen MR) is 97.5 cm³/mol. The normalized spacial score (nSPS) is 20.0. The Balaban J connectivity index is 1.49. The van der Waals surface area contributed by atoms with Crippen molar-refractivity contribution in [3.8, 4) is 0 Å². The van der Waals surface area contributed by atoms with Gasteiger partial charge >= 0.3 is 0 Å². The van der Waals surface area contributed by atoms with Gasteiger partial charge in [0.05, 0.1) is 9.88 Å². The van der Waals surface area contributed by atoms with Gasteiger partial charge < -0.3 is 10.6 Å². The lowest BCUT2D eigenvalue weighted by Gasteiger charge is -2.41. The number of nitrogens with zero attached hydrogens (tertiary/aromatic N) is 1. The van der Waals surface area contributed by atoms with Crippen LogP contribution < -0.4 is 10.6 Å². The highest BCUT2D eigenvalue weighted by molar-refractivity contribution is 7.18. The second-order valence-corrected chi connectivity index (χ2v) is 8.92. The van der Waals surface area contributed by atoms with Gasteiger partial charge in [0, 0.05) is 30.6 Å². The minimum absolute atomic E-state index is 0.0267. The van der Waals surface area contributed by atoms with E-state index >= 15 is 0 Å². The molecule has 1 aliphatic carbocycles. The van der Waals surface area contributed by atoms with Crippen LogP contribution in [-0.4, -0.2) is 41.4 Å². The van der Waals surface area contributed by atoms with Crippen LogP contribution in [0.3, 0.4) is 0 Å². The molecule has 0 unspecified atom stereocenters. The largest absolute Gasteiger partial charge is 0.349 e. The molecule has 132 valence electrons. The maximum absolute atomic E-state index is 12.4. The maximum atomic E-state index is 12.4. The standard InChI is InChI=1S/C18H27N3O2S/c1-18(2,3)21-10-8-13(9-11-21)19-17(23)14-6-7-15(24-14)20-16(22)12-4-5-12/h6-7,12-13H,4-5,8-11H2,1-3H3,(H,19,23)(H,20,22). The average molecular weight is 350 g/mol. The maximum Gasteiger partial charge on any atom is 0.261 e. The van der Waals surface area contributed by atoms with Crippen LogP contribution in [0.5, 0.6) is 0 Å². The van der Waals surface area contributed by atoms with E-state index in [0.29, 0.717) is 4.88 Å². The molecule has 2 fully saturated rings. The van der Waals surface area contributed by atoms with Crippen molar-refractivity contribution in [2.45, 2.75) is 58.0 Å². The second kappa shape index (κ2) is 6.84. The number of carbonyl (C=O) groups excluding carboxylic acids is 2.